The minimum absolute atomic E-state index is 0.0517. The van der Waals surface area contributed by atoms with Crippen LogP contribution in [0, 0.1) is 0 Å². The fraction of sp³-hybridized carbons (Fsp3) is 0.211. The molecule has 1 N–H and O–H groups in total. The van der Waals surface area contributed by atoms with Crippen molar-refractivity contribution in [1.29, 1.82) is 0 Å². The summed E-state index contributed by atoms with van der Waals surface area (Å²) in [5, 5.41) is 6.44. The van der Waals surface area contributed by atoms with Gasteiger partial charge in [-0.3, -0.25) is 9.69 Å². The van der Waals surface area contributed by atoms with Crippen LogP contribution in [0.3, 0.4) is 0 Å². The molecule has 23 heavy (non-hydrogen) atoms. The van der Waals surface area contributed by atoms with Gasteiger partial charge in [-0.2, -0.15) is 0 Å². The van der Waals surface area contributed by atoms with Crippen molar-refractivity contribution in [3.8, 4) is 0 Å². The van der Waals surface area contributed by atoms with Crippen molar-refractivity contribution in [3.63, 3.8) is 0 Å². The molecule has 2 aromatic carbocycles. The number of carbonyl (C=O) groups is 1. The topological polar surface area (TPSA) is 32.3 Å². The van der Waals surface area contributed by atoms with E-state index < -0.39 is 0 Å². The van der Waals surface area contributed by atoms with Crippen LogP contribution in [0.2, 0.25) is 0 Å². The third-order valence-electron chi connectivity index (χ3n) is 3.75. The smallest absolute Gasteiger partial charge is 0.234 e. The third kappa shape index (κ3) is 4.18. The Morgan fingerprint density at radius 1 is 1.09 bits per heavy atom. The van der Waals surface area contributed by atoms with Gasteiger partial charge in [0, 0.05) is 17.8 Å². The van der Waals surface area contributed by atoms with Crippen LogP contribution in [0.15, 0.2) is 60.0 Å². The summed E-state index contributed by atoms with van der Waals surface area (Å²) >= 11 is 1.76. The molecule has 3 nitrogen and oxygen atoms in total. The highest BCUT2D eigenvalue weighted by molar-refractivity contribution is 7.17. The second kappa shape index (κ2) is 7.40. The Balaban J connectivity index is 1.52. The Kier molecular flexibility index (Phi) is 5.05. The summed E-state index contributed by atoms with van der Waals surface area (Å²) < 4.78 is 1.30. The fourth-order valence-corrected chi connectivity index (χ4v) is 3.55. The summed E-state index contributed by atoms with van der Waals surface area (Å²) in [7, 11) is 1.98. The first kappa shape index (κ1) is 15.7. The largest absolute Gasteiger partial charge is 0.351 e. The summed E-state index contributed by atoms with van der Waals surface area (Å²) in [5.41, 5.74) is 2.40. The molecule has 0 radical (unpaired) electrons. The van der Waals surface area contributed by atoms with Crippen LogP contribution in [0.4, 0.5) is 0 Å². The number of hydrogen-bond donors (Lipinski definition) is 1. The molecule has 1 heterocycles. The molecule has 4 heteroatoms. The summed E-state index contributed by atoms with van der Waals surface area (Å²) in [5.74, 6) is 0.0517. The lowest BCUT2D eigenvalue weighted by Gasteiger charge is -2.16. The van der Waals surface area contributed by atoms with Gasteiger partial charge in [0.1, 0.15) is 0 Å². The van der Waals surface area contributed by atoms with Crippen molar-refractivity contribution < 1.29 is 4.79 Å². The molecule has 1 amide bonds. The minimum Gasteiger partial charge on any atom is -0.351 e. The third-order valence-corrected chi connectivity index (χ3v) is 4.76. The van der Waals surface area contributed by atoms with E-state index in [2.05, 4.69) is 39.9 Å². The van der Waals surface area contributed by atoms with E-state index in [1.807, 2.05) is 37.4 Å². The molecule has 0 spiro atoms. The van der Waals surface area contributed by atoms with Gasteiger partial charge < -0.3 is 5.32 Å². The van der Waals surface area contributed by atoms with Crippen LogP contribution in [0.1, 0.15) is 11.1 Å². The average Bonchev–Trinajstić information content (AvgIpc) is 2.97. The van der Waals surface area contributed by atoms with Crippen molar-refractivity contribution in [2.24, 2.45) is 0 Å². The maximum absolute atomic E-state index is 12.1. The zero-order valence-corrected chi connectivity index (χ0v) is 14.0. The van der Waals surface area contributed by atoms with E-state index in [0.717, 1.165) is 12.1 Å². The van der Waals surface area contributed by atoms with Gasteiger partial charge in [-0.05, 0) is 35.0 Å². The number of amides is 1. The van der Waals surface area contributed by atoms with Crippen molar-refractivity contribution >= 4 is 27.3 Å². The van der Waals surface area contributed by atoms with E-state index in [1.54, 1.807) is 11.3 Å². The lowest BCUT2D eigenvalue weighted by Crippen LogP contribution is -2.34. The number of hydrogen-bond acceptors (Lipinski definition) is 3. The van der Waals surface area contributed by atoms with E-state index in [-0.39, 0.29) is 5.91 Å². The summed E-state index contributed by atoms with van der Waals surface area (Å²) in [6.45, 7) is 1.76. The van der Waals surface area contributed by atoms with Crippen LogP contribution in [0.5, 0.6) is 0 Å². The number of rotatable bonds is 6. The zero-order valence-electron chi connectivity index (χ0n) is 13.2. The van der Waals surface area contributed by atoms with Gasteiger partial charge >= 0.3 is 0 Å². The quantitative estimate of drug-likeness (QED) is 0.750. The van der Waals surface area contributed by atoms with Gasteiger partial charge in [0.05, 0.1) is 6.54 Å². The highest BCUT2D eigenvalue weighted by atomic mass is 32.1. The molecular weight excluding hydrogens is 304 g/mol. The van der Waals surface area contributed by atoms with Crippen LogP contribution in [-0.2, 0) is 17.9 Å². The second-order valence-electron chi connectivity index (χ2n) is 5.69. The molecule has 0 unspecified atom stereocenters. The normalized spacial score (nSPS) is 11.0. The minimum atomic E-state index is 0.0517. The highest BCUT2D eigenvalue weighted by Gasteiger charge is 2.10. The van der Waals surface area contributed by atoms with Crippen LogP contribution < -0.4 is 5.32 Å². The average molecular weight is 324 g/mol. The Labute approximate surface area is 140 Å². The van der Waals surface area contributed by atoms with Gasteiger partial charge in [-0.25, -0.2) is 0 Å². The molecule has 0 aliphatic rings. The van der Waals surface area contributed by atoms with Crippen molar-refractivity contribution in [2.45, 2.75) is 13.1 Å². The van der Waals surface area contributed by atoms with E-state index in [4.69, 9.17) is 0 Å². The van der Waals surface area contributed by atoms with E-state index in [0.29, 0.717) is 13.1 Å². The van der Waals surface area contributed by atoms with Gasteiger partial charge in [0.25, 0.3) is 0 Å². The lowest BCUT2D eigenvalue weighted by atomic mass is 10.2. The first-order valence-electron chi connectivity index (χ1n) is 7.66. The van der Waals surface area contributed by atoms with Crippen molar-refractivity contribution in [1.82, 2.24) is 10.2 Å². The molecule has 0 fully saturated rings. The number of nitrogens with zero attached hydrogens (tertiary/aromatic N) is 1. The van der Waals surface area contributed by atoms with Gasteiger partial charge in [0.15, 0.2) is 0 Å². The van der Waals surface area contributed by atoms with Crippen LogP contribution >= 0.6 is 11.3 Å². The molecule has 0 saturated heterocycles. The number of nitrogens with one attached hydrogen (secondary N) is 1. The molecule has 0 atom stereocenters. The molecule has 0 aliphatic carbocycles. The van der Waals surface area contributed by atoms with Gasteiger partial charge in [0.2, 0.25) is 5.91 Å². The first-order chi connectivity index (χ1) is 11.2. The highest BCUT2D eigenvalue weighted by Crippen LogP contribution is 2.26. The zero-order chi connectivity index (χ0) is 16.1. The predicted molar refractivity (Wildman–Crippen MR) is 96.4 cm³/mol. The SMILES string of the molecule is CN(CC(=O)NCc1ccccc1)Cc1csc2ccccc12. The Morgan fingerprint density at radius 3 is 2.65 bits per heavy atom. The number of thiophene rings is 1. The van der Waals surface area contributed by atoms with Crippen LogP contribution in [0.25, 0.3) is 10.1 Å². The molecule has 0 aliphatic heterocycles. The second-order valence-corrected chi connectivity index (χ2v) is 6.60. The number of benzene rings is 2. The number of likely N-dealkylation sites (N-methyl/N-ethyl adjacent to an activating group) is 1. The molecule has 3 rings (SSSR count). The van der Waals surface area contributed by atoms with Crippen LogP contribution in [-0.4, -0.2) is 24.4 Å². The number of carbonyl (C=O) groups excluding carboxylic acids is 1. The molecule has 3 aromatic rings. The maximum atomic E-state index is 12.1. The molecule has 118 valence electrons. The van der Waals surface area contributed by atoms with Gasteiger partial charge in [-0.1, -0.05) is 48.5 Å². The molecular formula is C19H20N2OS. The van der Waals surface area contributed by atoms with Crippen molar-refractivity contribution in [3.05, 3.63) is 71.1 Å². The fourth-order valence-electron chi connectivity index (χ4n) is 2.60. The Morgan fingerprint density at radius 2 is 1.83 bits per heavy atom. The van der Waals surface area contributed by atoms with Crippen molar-refractivity contribution in [2.75, 3.05) is 13.6 Å². The monoisotopic (exact) mass is 324 g/mol. The Hall–Kier alpha value is -2.17. The maximum Gasteiger partial charge on any atom is 0.234 e. The first-order valence-corrected chi connectivity index (χ1v) is 8.54. The summed E-state index contributed by atoms with van der Waals surface area (Å²) in [6, 6.07) is 18.4. The standard InChI is InChI=1S/C19H20N2OS/c1-21(12-16-14-23-18-10-6-5-9-17(16)18)13-19(22)20-11-15-7-3-2-4-8-15/h2-10,14H,11-13H2,1H3,(H,20,22). The molecule has 1 aromatic heterocycles. The Bertz CT molecular complexity index is 782. The number of fused-ring (bicyclic) bond motifs is 1. The van der Waals surface area contributed by atoms with E-state index >= 15 is 0 Å². The molecule has 0 saturated carbocycles. The van der Waals surface area contributed by atoms with E-state index in [1.165, 1.54) is 15.6 Å². The van der Waals surface area contributed by atoms with E-state index in [9.17, 15) is 4.79 Å². The van der Waals surface area contributed by atoms with Gasteiger partial charge in [-0.15, -0.1) is 11.3 Å². The molecule has 0 bridgehead atoms. The lowest BCUT2D eigenvalue weighted by molar-refractivity contribution is -0.122. The summed E-state index contributed by atoms with van der Waals surface area (Å²) in [4.78, 5) is 14.1. The summed E-state index contributed by atoms with van der Waals surface area (Å²) in [6.07, 6.45) is 0. The predicted octanol–water partition coefficient (Wildman–Crippen LogP) is 3.65.